The monoisotopic (exact) mass is 244 g/mol. The van der Waals surface area contributed by atoms with E-state index in [0.29, 0.717) is 5.75 Å². The van der Waals surface area contributed by atoms with Crippen molar-refractivity contribution in [2.75, 3.05) is 19.1 Å². The molecule has 0 aliphatic heterocycles. The smallest absolute Gasteiger partial charge is 0.162 e. The van der Waals surface area contributed by atoms with Crippen LogP contribution < -0.4 is 4.74 Å². The summed E-state index contributed by atoms with van der Waals surface area (Å²) in [6.07, 6.45) is 5.01. The van der Waals surface area contributed by atoms with Gasteiger partial charge in [0.05, 0.1) is 19.4 Å². The summed E-state index contributed by atoms with van der Waals surface area (Å²) in [4.78, 5) is 0. The number of aryl methyl sites for hydroxylation is 1. The number of methoxy groups -OCH3 is 1. The zero-order valence-corrected chi connectivity index (χ0v) is 11.0. The number of rotatable bonds is 7. The second-order valence-corrected chi connectivity index (χ2v) is 4.55. The molecular weight excluding hydrogens is 224 g/mol. The van der Waals surface area contributed by atoms with Crippen molar-refractivity contribution in [3.63, 3.8) is 0 Å². The standard InChI is InChI=1S/C11H20N2O2S/c1-4-13-11(10(15-2)8-12-13)9(14)6-5-7-16-3/h8-9,14H,4-7H2,1-3H3. The molecule has 0 aliphatic carbocycles. The van der Waals surface area contributed by atoms with Crippen LogP contribution in [-0.4, -0.2) is 34.0 Å². The molecule has 1 rings (SSSR count). The van der Waals surface area contributed by atoms with Crippen LogP contribution in [0.2, 0.25) is 0 Å². The Kier molecular flexibility index (Phi) is 5.69. The molecule has 16 heavy (non-hydrogen) atoms. The number of nitrogens with zero attached hydrogens (tertiary/aromatic N) is 2. The highest BCUT2D eigenvalue weighted by atomic mass is 32.2. The van der Waals surface area contributed by atoms with Gasteiger partial charge < -0.3 is 9.84 Å². The van der Waals surface area contributed by atoms with Gasteiger partial charge >= 0.3 is 0 Å². The number of hydrogen-bond acceptors (Lipinski definition) is 4. The Morgan fingerprint density at radius 2 is 2.38 bits per heavy atom. The Hall–Kier alpha value is -0.680. The highest BCUT2D eigenvalue weighted by molar-refractivity contribution is 7.98. The van der Waals surface area contributed by atoms with Gasteiger partial charge in [-0.05, 0) is 31.8 Å². The third-order valence-electron chi connectivity index (χ3n) is 2.51. The molecule has 1 aromatic heterocycles. The highest BCUT2D eigenvalue weighted by Gasteiger charge is 2.18. The molecule has 1 aromatic rings. The fourth-order valence-corrected chi connectivity index (χ4v) is 2.14. The van der Waals surface area contributed by atoms with Crippen molar-refractivity contribution in [1.82, 2.24) is 9.78 Å². The molecule has 5 heteroatoms. The summed E-state index contributed by atoms with van der Waals surface area (Å²) in [5, 5.41) is 14.3. The van der Waals surface area contributed by atoms with Crippen LogP contribution in [0.15, 0.2) is 6.20 Å². The van der Waals surface area contributed by atoms with Gasteiger partial charge in [0.15, 0.2) is 5.75 Å². The molecule has 0 aromatic carbocycles. The Labute approximate surface area is 101 Å². The van der Waals surface area contributed by atoms with Crippen LogP contribution in [0.5, 0.6) is 5.75 Å². The van der Waals surface area contributed by atoms with Crippen molar-refractivity contribution >= 4 is 11.8 Å². The highest BCUT2D eigenvalue weighted by Crippen LogP contribution is 2.28. The van der Waals surface area contributed by atoms with Crippen LogP contribution in [0.4, 0.5) is 0 Å². The molecule has 1 heterocycles. The van der Waals surface area contributed by atoms with E-state index in [1.165, 1.54) is 0 Å². The molecule has 0 saturated carbocycles. The van der Waals surface area contributed by atoms with Gasteiger partial charge in [-0.2, -0.15) is 16.9 Å². The minimum Gasteiger partial charge on any atom is -0.493 e. The molecular formula is C11H20N2O2S. The Morgan fingerprint density at radius 3 is 2.94 bits per heavy atom. The van der Waals surface area contributed by atoms with Gasteiger partial charge in [-0.15, -0.1) is 0 Å². The van der Waals surface area contributed by atoms with E-state index in [9.17, 15) is 5.11 Å². The fourth-order valence-electron chi connectivity index (χ4n) is 1.68. The lowest BCUT2D eigenvalue weighted by Gasteiger charge is -2.13. The van der Waals surface area contributed by atoms with E-state index in [0.717, 1.165) is 30.8 Å². The molecule has 1 N–H and O–H groups in total. The first kappa shape index (κ1) is 13.4. The predicted molar refractivity (Wildman–Crippen MR) is 67.0 cm³/mol. The number of aromatic nitrogens is 2. The minimum atomic E-state index is -0.482. The second kappa shape index (κ2) is 6.81. The summed E-state index contributed by atoms with van der Waals surface area (Å²) in [6.45, 7) is 2.75. The SMILES string of the molecule is CCn1ncc(OC)c1C(O)CCCSC. The normalized spacial score (nSPS) is 12.8. The fraction of sp³-hybridized carbons (Fsp3) is 0.727. The van der Waals surface area contributed by atoms with E-state index in [2.05, 4.69) is 11.4 Å². The first-order chi connectivity index (χ1) is 7.74. The van der Waals surface area contributed by atoms with Gasteiger partial charge in [-0.3, -0.25) is 4.68 Å². The average molecular weight is 244 g/mol. The summed E-state index contributed by atoms with van der Waals surface area (Å²) in [7, 11) is 1.61. The lowest BCUT2D eigenvalue weighted by atomic mass is 10.1. The quantitative estimate of drug-likeness (QED) is 0.746. The zero-order valence-electron chi connectivity index (χ0n) is 10.1. The maximum absolute atomic E-state index is 10.1. The molecule has 0 bridgehead atoms. The average Bonchev–Trinajstić information content (AvgIpc) is 2.71. The van der Waals surface area contributed by atoms with Crippen LogP contribution in [0.1, 0.15) is 31.6 Å². The molecule has 4 nitrogen and oxygen atoms in total. The molecule has 0 radical (unpaired) electrons. The molecule has 92 valence electrons. The van der Waals surface area contributed by atoms with Gasteiger partial charge in [0, 0.05) is 6.54 Å². The largest absolute Gasteiger partial charge is 0.493 e. The number of aliphatic hydroxyl groups is 1. The van der Waals surface area contributed by atoms with E-state index in [1.54, 1.807) is 29.8 Å². The van der Waals surface area contributed by atoms with Crippen molar-refractivity contribution in [2.24, 2.45) is 0 Å². The Bertz CT molecular complexity index is 293. The van der Waals surface area contributed by atoms with Crippen molar-refractivity contribution < 1.29 is 9.84 Å². The van der Waals surface area contributed by atoms with Crippen molar-refractivity contribution in [3.05, 3.63) is 11.9 Å². The topological polar surface area (TPSA) is 47.3 Å². The molecule has 0 aliphatic rings. The number of aliphatic hydroxyl groups excluding tert-OH is 1. The molecule has 1 unspecified atom stereocenters. The third-order valence-corrected chi connectivity index (χ3v) is 3.20. The minimum absolute atomic E-state index is 0.482. The first-order valence-electron chi connectivity index (χ1n) is 5.51. The number of ether oxygens (including phenoxy) is 1. The lowest BCUT2D eigenvalue weighted by Crippen LogP contribution is -2.09. The van der Waals surface area contributed by atoms with E-state index in [1.807, 2.05) is 6.92 Å². The lowest BCUT2D eigenvalue weighted by molar-refractivity contribution is 0.152. The zero-order chi connectivity index (χ0) is 12.0. The van der Waals surface area contributed by atoms with Gasteiger partial charge in [0.2, 0.25) is 0 Å². The summed E-state index contributed by atoms with van der Waals surface area (Å²) >= 11 is 1.80. The third kappa shape index (κ3) is 3.15. The summed E-state index contributed by atoms with van der Waals surface area (Å²) < 4.78 is 7.00. The van der Waals surface area contributed by atoms with Gasteiger partial charge in [0.1, 0.15) is 5.69 Å². The van der Waals surface area contributed by atoms with Crippen LogP contribution in [0, 0.1) is 0 Å². The summed E-state index contributed by atoms with van der Waals surface area (Å²) in [5.74, 6) is 1.75. The van der Waals surface area contributed by atoms with Crippen molar-refractivity contribution in [2.45, 2.75) is 32.4 Å². The molecule has 1 atom stereocenters. The van der Waals surface area contributed by atoms with E-state index in [4.69, 9.17) is 4.74 Å². The molecule has 0 amide bonds. The second-order valence-electron chi connectivity index (χ2n) is 3.56. The van der Waals surface area contributed by atoms with E-state index >= 15 is 0 Å². The maximum Gasteiger partial charge on any atom is 0.162 e. The molecule has 0 fully saturated rings. The van der Waals surface area contributed by atoms with Crippen molar-refractivity contribution in [3.8, 4) is 5.75 Å². The van der Waals surface area contributed by atoms with Crippen LogP contribution in [-0.2, 0) is 6.54 Å². The summed E-state index contributed by atoms with van der Waals surface area (Å²) in [6, 6.07) is 0. The van der Waals surface area contributed by atoms with Crippen LogP contribution >= 0.6 is 11.8 Å². The van der Waals surface area contributed by atoms with Gasteiger partial charge in [0.25, 0.3) is 0 Å². The van der Waals surface area contributed by atoms with Crippen LogP contribution in [0.3, 0.4) is 0 Å². The summed E-state index contributed by atoms with van der Waals surface area (Å²) in [5.41, 5.74) is 0.797. The number of thioether (sulfide) groups is 1. The number of hydrogen-bond donors (Lipinski definition) is 1. The maximum atomic E-state index is 10.1. The Morgan fingerprint density at radius 1 is 1.62 bits per heavy atom. The van der Waals surface area contributed by atoms with Gasteiger partial charge in [-0.1, -0.05) is 0 Å². The molecule has 0 saturated heterocycles. The van der Waals surface area contributed by atoms with Crippen LogP contribution in [0.25, 0.3) is 0 Å². The van der Waals surface area contributed by atoms with Crippen molar-refractivity contribution in [1.29, 1.82) is 0 Å². The Balaban J connectivity index is 2.71. The predicted octanol–water partition coefficient (Wildman–Crippen LogP) is 2.09. The molecule has 0 spiro atoms. The first-order valence-corrected chi connectivity index (χ1v) is 6.90. The van der Waals surface area contributed by atoms with E-state index in [-0.39, 0.29) is 0 Å². The van der Waals surface area contributed by atoms with E-state index < -0.39 is 6.10 Å². The van der Waals surface area contributed by atoms with Gasteiger partial charge in [-0.25, -0.2) is 0 Å².